The Morgan fingerprint density at radius 1 is 1.28 bits per heavy atom. The monoisotopic (exact) mass is 260 g/mol. The van der Waals surface area contributed by atoms with E-state index in [4.69, 9.17) is 10.2 Å². The number of hydrogen-bond acceptors (Lipinski definition) is 8. The molecule has 1 aliphatic rings. The van der Waals surface area contributed by atoms with Crippen molar-refractivity contribution < 1.29 is 39.2 Å². The summed E-state index contributed by atoms with van der Waals surface area (Å²) >= 11 is 0. The summed E-state index contributed by atoms with van der Waals surface area (Å²) in [5.74, 6) is -3.90. The van der Waals surface area contributed by atoms with Gasteiger partial charge >= 0.3 is 5.97 Å². The van der Waals surface area contributed by atoms with E-state index in [1.807, 2.05) is 0 Å². The maximum Gasteiger partial charge on any atom is 0.339 e. The molecule has 1 saturated heterocycles. The molecule has 1 heterocycles. The summed E-state index contributed by atoms with van der Waals surface area (Å²) in [6, 6.07) is 0. The zero-order valence-corrected chi connectivity index (χ0v) is 9.40. The van der Waals surface area contributed by atoms with Crippen LogP contribution in [0.2, 0.25) is 0 Å². The number of hydrogen-bond donors (Lipinski definition) is 3. The SMILES string of the molecule is CC(=O)C(O)C(=O)CC(=O)C(O)C1OC(=O)C1O. The van der Waals surface area contributed by atoms with Gasteiger partial charge in [-0.25, -0.2) is 4.79 Å². The van der Waals surface area contributed by atoms with Gasteiger partial charge in [-0.2, -0.15) is 0 Å². The van der Waals surface area contributed by atoms with Crippen LogP contribution in [0.3, 0.4) is 0 Å². The van der Waals surface area contributed by atoms with Gasteiger partial charge in [-0.05, 0) is 6.92 Å². The van der Waals surface area contributed by atoms with Crippen LogP contribution >= 0.6 is 0 Å². The molecule has 100 valence electrons. The number of esters is 1. The third-order valence-electron chi connectivity index (χ3n) is 2.48. The molecule has 1 fully saturated rings. The van der Waals surface area contributed by atoms with Crippen LogP contribution in [0, 0.1) is 0 Å². The van der Waals surface area contributed by atoms with E-state index in [-0.39, 0.29) is 0 Å². The number of cyclic esters (lactones) is 1. The Balaban J connectivity index is 2.53. The number of carbonyl (C=O) groups excluding carboxylic acids is 4. The standard InChI is InChI=1S/C10H12O8/c1-3(11)6(14)4(12)2-5(13)7(15)9-8(16)10(17)18-9/h6-9,14-16H,2H2,1H3. The van der Waals surface area contributed by atoms with Crippen molar-refractivity contribution in [2.45, 2.75) is 37.8 Å². The first-order valence-electron chi connectivity index (χ1n) is 5.06. The minimum atomic E-state index is -1.92. The normalized spacial score (nSPS) is 25.7. The fourth-order valence-electron chi connectivity index (χ4n) is 1.35. The second-order valence-electron chi connectivity index (χ2n) is 3.91. The van der Waals surface area contributed by atoms with Crippen LogP contribution in [-0.4, -0.2) is 63.1 Å². The minimum Gasteiger partial charge on any atom is -0.454 e. The van der Waals surface area contributed by atoms with Gasteiger partial charge in [0.05, 0.1) is 6.42 Å². The van der Waals surface area contributed by atoms with Gasteiger partial charge in [0.15, 0.2) is 41.8 Å². The Morgan fingerprint density at radius 2 is 1.83 bits per heavy atom. The summed E-state index contributed by atoms with van der Waals surface area (Å²) in [5, 5.41) is 27.5. The van der Waals surface area contributed by atoms with Crippen LogP contribution < -0.4 is 0 Å². The van der Waals surface area contributed by atoms with Crippen LogP contribution in [0.4, 0.5) is 0 Å². The predicted octanol–water partition coefficient (Wildman–Crippen LogP) is -2.89. The highest BCUT2D eigenvalue weighted by Gasteiger charge is 2.48. The molecule has 1 aliphatic heterocycles. The molecule has 0 aromatic carbocycles. The van der Waals surface area contributed by atoms with Crippen molar-refractivity contribution in [3.05, 3.63) is 0 Å². The van der Waals surface area contributed by atoms with E-state index < -0.39 is 54.2 Å². The largest absolute Gasteiger partial charge is 0.454 e. The quantitative estimate of drug-likeness (QED) is 0.342. The molecule has 4 unspecified atom stereocenters. The second kappa shape index (κ2) is 5.34. The highest BCUT2D eigenvalue weighted by atomic mass is 16.6. The number of ketones is 3. The maximum atomic E-state index is 11.4. The predicted molar refractivity (Wildman–Crippen MR) is 53.2 cm³/mol. The van der Waals surface area contributed by atoms with Gasteiger partial charge < -0.3 is 20.1 Å². The zero-order chi connectivity index (χ0) is 14.0. The minimum absolute atomic E-state index is 0.822. The first-order valence-corrected chi connectivity index (χ1v) is 5.06. The zero-order valence-electron chi connectivity index (χ0n) is 9.40. The van der Waals surface area contributed by atoms with E-state index in [0.717, 1.165) is 6.92 Å². The van der Waals surface area contributed by atoms with Crippen molar-refractivity contribution in [2.75, 3.05) is 0 Å². The summed E-state index contributed by atoms with van der Waals surface area (Å²) in [4.78, 5) is 43.8. The number of aliphatic hydroxyl groups excluding tert-OH is 3. The van der Waals surface area contributed by atoms with Gasteiger partial charge in [-0.15, -0.1) is 0 Å². The average Bonchev–Trinajstić information content (AvgIpc) is 2.32. The Hall–Kier alpha value is -1.64. The summed E-state index contributed by atoms with van der Waals surface area (Å²) < 4.78 is 4.32. The lowest BCUT2D eigenvalue weighted by Gasteiger charge is -2.33. The number of carbonyl (C=O) groups is 4. The second-order valence-corrected chi connectivity index (χ2v) is 3.91. The maximum absolute atomic E-state index is 11.4. The Bertz CT molecular complexity index is 401. The van der Waals surface area contributed by atoms with E-state index in [2.05, 4.69) is 4.74 Å². The Labute approximate surface area is 101 Å². The van der Waals surface area contributed by atoms with Crippen molar-refractivity contribution >= 4 is 23.3 Å². The van der Waals surface area contributed by atoms with Crippen LogP contribution in [0.15, 0.2) is 0 Å². The van der Waals surface area contributed by atoms with Gasteiger partial charge in [-0.3, -0.25) is 14.4 Å². The summed E-state index contributed by atoms with van der Waals surface area (Å²) in [7, 11) is 0. The summed E-state index contributed by atoms with van der Waals surface area (Å²) in [5.41, 5.74) is 0. The lowest BCUT2D eigenvalue weighted by molar-refractivity contribution is -0.211. The highest BCUT2D eigenvalue weighted by Crippen LogP contribution is 2.19. The van der Waals surface area contributed by atoms with E-state index in [1.54, 1.807) is 0 Å². The van der Waals surface area contributed by atoms with Crippen molar-refractivity contribution in [1.82, 2.24) is 0 Å². The average molecular weight is 260 g/mol. The molecule has 8 nitrogen and oxygen atoms in total. The van der Waals surface area contributed by atoms with Crippen LogP contribution in [-0.2, 0) is 23.9 Å². The van der Waals surface area contributed by atoms with Crippen LogP contribution in [0.1, 0.15) is 13.3 Å². The number of aliphatic hydroxyl groups is 3. The molecule has 0 spiro atoms. The molecule has 0 saturated carbocycles. The topological polar surface area (TPSA) is 138 Å². The highest BCUT2D eigenvalue weighted by molar-refractivity contribution is 6.12. The number of rotatable bonds is 6. The van der Waals surface area contributed by atoms with Gasteiger partial charge in [0.2, 0.25) is 0 Å². The lowest BCUT2D eigenvalue weighted by atomic mass is 9.95. The molecule has 0 bridgehead atoms. The van der Waals surface area contributed by atoms with E-state index in [9.17, 15) is 24.3 Å². The van der Waals surface area contributed by atoms with Gasteiger partial charge in [0, 0.05) is 0 Å². The number of ether oxygens (including phenoxy) is 1. The molecule has 0 aromatic rings. The molecule has 8 heteroatoms. The van der Waals surface area contributed by atoms with Crippen molar-refractivity contribution in [3.63, 3.8) is 0 Å². The fraction of sp³-hybridized carbons (Fsp3) is 0.600. The fourth-order valence-corrected chi connectivity index (χ4v) is 1.35. The molecule has 1 rings (SSSR count). The van der Waals surface area contributed by atoms with Crippen LogP contribution in [0.5, 0.6) is 0 Å². The first-order chi connectivity index (χ1) is 8.25. The first kappa shape index (κ1) is 14.4. The lowest BCUT2D eigenvalue weighted by Crippen LogP contribution is -2.58. The summed E-state index contributed by atoms with van der Waals surface area (Å²) in [6.45, 7) is 0.973. The number of Topliss-reactive ketones (excluding diaryl/α,β-unsaturated/α-hetero) is 3. The molecular formula is C10H12O8. The molecule has 3 N–H and O–H groups in total. The van der Waals surface area contributed by atoms with E-state index in [0.29, 0.717) is 0 Å². The van der Waals surface area contributed by atoms with E-state index in [1.165, 1.54) is 0 Å². The third-order valence-corrected chi connectivity index (χ3v) is 2.48. The molecular weight excluding hydrogens is 248 g/mol. The van der Waals surface area contributed by atoms with Crippen LogP contribution in [0.25, 0.3) is 0 Å². The van der Waals surface area contributed by atoms with Crippen molar-refractivity contribution in [1.29, 1.82) is 0 Å². The molecule has 0 aliphatic carbocycles. The molecule has 4 atom stereocenters. The van der Waals surface area contributed by atoms with Gasteiger partial charge in [0.25, 0.3) is 0 Å². The molecule has 0 radical (unpaired) electrons. The summed E-state index contributed by atoms with van der Waals surface area (Å²) in [6.07, 6.45) is -7.69. The molecule has 0 aromatic heterocycles. The molecule has 18 heavy (non-hydrogen) atoms. The smallest absolute Gasteiger partial charge is 0.339 e. The van der Waals surface area contributed by atoms with Gasteiger partial charge in [0.1, 0.15) is 0 Å². The Kier molecular flexibility index (Phi) is 4.28. The molecule has 0 amide bonds. The van der Waals surface area contributed by atoms with Gasteiger partial charge in [-0.1, -0.05) is 0 Å². The third kappa shape index (κ3) is 2.78. The van der Waals surface area contributed by atoms with E-state index >= 15 is 0 Å². The van der Waals surface area contributed by atoms with Crippen molar-refractivity contribution in [2.24, 2.45) is 0 Å². The van der Waals surface area contributed by atoms with Crippen molar-refractivity contribution in [3.8, 4) is 0 Å². The Morgan fingerprint density at radius 3 is 2.22 bits per heavy atom.